The summed E-state index contributed by atoms with van der Waals surface area (Å²) in [6, 6.07) is 0. The van der Waals surface area contributed by atoms with Crippen molar-refractivity contribution in [1.82, 2.24) is 4.90 Å². The average molecular weight is 172 g/mol. The van der Waals surface area contributed by atoms with Crippen LogP contribution in [0.25, 0.3) is 0 Å². The van der Waals surface area contributed by atoms with Crippen molar-refractivity contribution in [2.75, 3.05) is 20.1 Å². The molecule has 0 spiro atoms. The first-order chi connectivity index (χ1) is 5.47. The van der Waals surface area contributed by atoms with Gasteiger partial charge in [-0.1, -0.05) is 6.92 Å². The molecule has 1 heterocycles. The van der Waals surface area contributed by atoms with E-state index in [0.29, 0.717) is 6.42 Å². The summed E-state index contributed by atoms with van der Waals surface area (Å²) < 4.78 is 0. The number of carbonyl (C=O) groups is 1. The molecule has 0 aromatic heterocycles. The summed E-state index contributed by atoms with van der Waals surface area (Å²) in [5, 5.41) is 9.83. The van der Waals surface area contributed by atoms with Crippen LogP contribution in [-0.4, -0.2) is 41.7 Å². The largest absolute Gasteiger partial charge is 0.380 e. The Morgan fingerprint density at radius 2 is 2.33 bits per heavy atom. The van der Waals surface area contributed by atoms with Crippen molar-refractivity contribution in [3.05, 3.63) is 0 Å². The number of amides is 1. The van der Waals surface area contributed by atoms with Gasteiger partial charge in [-0.05, 0) is 13.5 Å². The fourth-order valence-electron chi connectivity index (χ4n) is 1.68. The molecule has 0 aromatic rings. The Morgan fingerprint density at radius 1 is 1.75 bits per heavy atom. The summed E-state index contributed by atoms with van der Waals surface area (Å²) in [5.41, 5.74) is 3.84. The quantitative estimate of drug-likeness (QED) is 0.543. The van der Waals surface area contributed by atoms with E-state index in [4.69, 9.17) is 5.73 Å². The summed E-state index contributed by atoms with van der Waals surface area (Å²) in [6.45, 7) is 3.30. The first-order valence-corrected chi connectivity index (χ1v) is 4.17. The molecule has 1 aliphatic heterocycles. The third-order valence-electron chi connectivity index (χ3n) is 2.70. The molecule has 3 N–H and O–H groups in total. The molecule has 4 nitrogen and oxygen atoms in total. The van der Waals surface area contributed by atoms with E-state index in [0.717, 1.165) is 13.1 Å². The topological polar surface area (TPSA) is 66.6 Å². The van der Waals surface area contributed by atoms with Crippen LogP contribution >= 0.6 is 0 Å². The first kappa shape index (κ1) is 9.48. The molecule has 0 radical (unpaired) electrons. The number of nitrogens with two attached hydrogens (primary N) is 1. The molecule has 4 heteroatoms. The maximum absolute atomic E-state index is 10.9. The normalized spacial score (nSPS) is 38.1. The molecule has 0 saturated carbocycles. The summed E-state index contributed by atoms with van der Waals surface area (Å²) >= 11 is 0. The maximum Gasteiger partial charge on any atom is 0.249 e. The van der Waals surface area contributed by atoms with Crippen LogP contribution < -0.4 is 5.73 Å². The monoisotopic (exact) mass is 172 g/mol. The molecular weight excluding hydrogens is 156 g/mol. The molecule has 70 valence electrons. The fourth-order valence-corrected chi connectivity index (χ4v) is 1.68. The van der Waals surface area contributed by atoms with Crippen LogP contribution in [0.2, 0.25) is 0 Å². The van der Waals surface area contributed by atoms with Gasteiger partial charge in [-0.25, -0.2) is 0 Å². The number of piperidine rings is 1. The van der Waals surface area contributed by atoms with Gasteiger partial charge in [-0.2, -0.15) is 0 Å². The first-order valence-electron chi connectivity index (χ1n) is 4.17. The lowest BCUT2D eigenvalue weighted by Crippen LogP contribution is -2.57. The van der Waals surface area contributed by atoms with Crippen molar-refractivity contribution in [2.45, 2.75) is 18.9 Å². The van der Waals surface area contributed by atoms with E-state index in [1.807, 2.05) is 14.0 Å². The highest BCUT2D eigenvalue weighted by Gasteiger charge is 2.42. The zero-order valence-corrected chi connectivity index (χ0v) is 7.58. The van der Waals surface area contributed by atoms with Crippen LogP contribution in [0.15, 0.2) is 0 Å². The van der Waals surface area contributed by atoms with Crippen molar-refractivity contribution < 1.29 is 9.90 Å². The highest BCUT2D eigenvalue weighted by atomic mass is 16.3. The molecule has 1 amide bonds. The summed E-state index contributed by atoms with van der Waals surface area (Å²) in [5.74, 6) is -0.670. The van der Waals surface area contributed by atoms with Gasteiger partial charge < -0.3 is 15.7 Å². The zero-order valence-electron chi connectivity index (χ0n) is 7.58. The van der Waals surface area contributed by atoms with Gasteiger partial charge >= 0.3 is 0 Å². The molecule has 1 fully saturated rings. The van der Waals surface area contributed by atoms with E-state index in [1.54, 1.807) is 0 Å². The van der Waals surface area contributed by atoms with E-state index >= 15 is 0 Å². The fraction of sp³-hybridized carbons (Fsp3) is 0.875. The molecule has 2 atom stereocenters. The van der Waals surface area contributed by atoms with Crippen LogP contribution in [0, 0.1) is 5.92 Å². The highest BCUT2D eigenvalue weighted by molar-refractivity contribution is 5.83. The minimum Gasteiger partial charge on any atom is -0.380 e. The predicted molar refractivity (Wildman–Crippen MR) is 45.4 cm³/mol. The second kappa shape index (κ2) is 3.03. The van der Waals surface area contributed by atoms with Gasteiger partial charge in [0.25, 0.3) is 0 Å². The molecule has 12 heavy (non-hydrogen) atoms. The molecule has 1 rings (SSSR count). The predicted octanol–water partition coefficient (Wildman–Crippen LogP) is -0.826. The third-order valence-corrected chi connectivity index (χ3v) is 2.70. The number of likely N-dealkylation sites (tertiary alicyclic amines) is 1. The van der Waals surface area contributed by atoms with Gasteiger partial charge in [0.2, 0.25) is 5.91 Å². The van der Waals surface area contributed by atoms with Gasteiger partial charge in [0.15, 0.2) is 0 Å². The van der Waals surface area contributed by atoms with Gasteiger partial charge in [0.05, 0.1) is 0 Å². The van der Waals surface area contributed by atoms with Crippen LogP contribution in [0.5, 0.6) is 0 Å². The lowest BCUT2D eigenvalue weighted by Gasteiger charge is -2.39. The number of primary amides is 1. The highest BCUT2D eigenvalue weighted by Crippen LogP contribution is 2.26. The number of rotatable bonds is 1. The lowest BCUT2D eigenvalue weighted by molar-refractivity contribution is -0.147. The minimum atomic E-state index is -1.29. The molecule has 1 aliphatic rings. The molecule has 0 aromatic carbocycles. The molecule has 0 bridgehead atoms. The Kier molecular flexibility index (Phi) is 2.39. The van der Waals surface area contributed by atoms with Crippen LogP contribution in [0.4, 0.5) is 0 Å². The van der Waals surface area contributed by atoms with Gasteiger partial charge in [0, 0.05) is 19.0 Å². The van der Waals surface area contributed by atoms with E-state index in [9.17, 15) is 9.90 Å². The summed E-state index contributed by atoms with van der Waals surface area (Å²) in [6.07, 6.45) is 0.444. The van der Waals surface area contributed by atoms with E-state index in [-0.39, 0.29) is 5.92 Å². The summed E-state index contributed by atoms with van der Waals surface area (Å²) in [4.78, 5) is 13.0. The second-order valence-corrected chi connectivity index (χ2v) is 3.70. The third kappa shape index (κ3) is 1.44. The summed E-state index contributed by atoms with van der Waals surface area (Å²) in [7, 11) is 1.97. The molecule has 0 unspecified atom stereocenters. The van der Waals surface area contributed by atoms with Crippen LogP contribution in [0.1, 0.15) is 13.3 Å². The molecule has 0 aliphatic carbocycles. The Balaban J connectivity index is 2.72. The van der Waals surface area contributed by atoms with E-state index in [1.165, 1.54) is 0 Å². The molecule has 1 saturated heterocycles. The standard InChI is InChI=1S/C8H16N2O2/c1-6-5-10(2)4-3-8(6,12)7(9)11/h6,12H,3-5H2,1-2H3,(H2,9,11)/t6-,8-/m1/s1. The Hall–Kier alpha value is -0.610. The maximum atomic E-state index is 10.9. The Bertz CT molecular complexity index is 195. The number of aliphatic hydroxyl groups is 1. The molecular formula is C8H16N2O2. The number of nitrogens with zero attached hydrogens (tertiary/aromatic N) is 1. The van der Waals surface area contributed by atoms with Crippen molar-refractivity contribution >= 4 is 5.91 Å². The number of hydrogen-bond acceptors (Lipinski definition) is 3. The average Bonchev–Trinajstić information content (AvgIpc) is 1.97. The zero-order chi connectivity index (χ0) is 9.35. The number of carbonyl (C=O) groups excluding carboxylic acids is 1. The van der Waals surface area contributed by atoms with Crippen LogP contribution in [-0.2, 0) is 4.79 Å². The van der Waals surface area contributed by atoms with E-state index < -0.39 is 11.5 Å². The van der Waals surface area contributed by atoms with E-state index in [2.05, 4.69) is 4.90 Å². The van der Waals surface area contributed by atoms with Crippen LogP contribution in [0.3, 0.4) is 0 Å². The minimum absolute atomic E-state index is 0.0752. The van der Waals surface area contributed by atoms with Gasteiger partial charge in [-0.15, -0.1) is 0 Å². The van der Waals surface area contributed by atoms with Crippen molar-refractivity contribution in [3.8, 4) is 0 Å². The van der Waals surface area contributed by atoms with Crippen molar-refractivity contribution in [2.24, 2.45) is 11.7 Å². The number of hydrogen-bond donors (Lipinski definition) is 2. The Labute approximate surface area is 72.3 Å². The Morgan fingerprint density at radius 3 is 2.75 bits per heavy atom. The smallest absolute Gasteiger partial charge is 0.249 e. The van der Waals surface area contributed by atoms with Gasteiger partial charge in [0.1, 0.15) is 5.60 Å². The van der Waals surface area contributed by atoms with Gasteiger partial charge in [-0.3, -0.25) is 4.79 Å². The van der Waals surface area contributed by atoms with Crippen molar-refractivity contribution in [1.29, 1.82) is 0 Å². The SMILES string of the molecule is C[C@@H]1CN(C)CC[C@]1(O)C(N)=O. The van der Waals surface area contributed by atoms with Crippen molar-refractivity contribution in [3.63, 3.8) is 0 Å². The lowest BCUT2D eigenvalue weighted by atomic mass is 9.82. The second-order valence-electron chi connectivity index (χ2n) is 3.70.